The number of piperidine rings is 1. The van der Waals surface area contributed by atoms with Crippen molar-refractivity contribution < 1.29 is 14.6 Å². The topological polar surface area (TPSA) is 49.8 Å². The van der Waals surface area contributed by atoms with Crippen molar-refractivity contribution in [2.24, 2.45) is 5.92 Å². The van der Waals surface area contributed by atoms with Crippen LogP contribution in [0.5, 0.6) is 5.75 Å². The zero-order valence-electron chi connectivity index (χ0n) is 13.3. The van der Waals surface area contributed by atoms with Gasteiger partial charge in [0.15, 0.2) is 0 Å². The zero-order chi connectivity index (χ0) is 15.6. The largest absolute Gasteiger partial charge is 0.508 e. The van der Waals surface area contributed by atoms with Gasteiger partial charge < -0.3 is 14.7 Å². The standard InChI is InChI=1S/C17H25NO3/c1-12-11-18(16(20)21-17(2,3)4)10-9-15(12)13-5-7-14(19)8-6-13/h5-8,12,15,19H,9-11H2,1-4H3/t12-,15-/m0/s1. The Morgan fingerprint density at radius 2 is 1.90 bits per heavy atom. The van der Waals surface area contributed by atoms with Gasteiger partial charge >= 0.3 is 6.09 Å². The Bertz CT molecular complexity index is 490. The Morgan fingerprint density at radius 3 is 2.43 bits per heavy atom. The van der Waals surface area contributed by atoms with Crippen LogP contribution in [0.1, 0.15) is 45.6 Å². The summed E-state index contributed by atoms with van der Waals surface area (Å²) in [7, 11) is 0. The molecule has 1 heterocycles. The van der Waals surface area contributed by atoms with Crippen LogP contribution < -0.4 is 0 Å². The van der Waals surface area contributed by atoms with Crippen LogP contribution >= 0.6 is 0 Å². The molecule has 0 saturated carbocycles. The van der Waals surface area contributed by atoms with Gasteiger partial charge in [-0.25, -0.2) is 4.79 Å². The van der Waals surface area contributed by atoms with Crippen LogP contribution in [-0.2, 0) is 4.74 Å². The van der Waals surface area contributed by atoms with Crippen LogP contribution in [0.25, 0.3) is 0 Å². The summed E-state index contributed by atoms with van der Waals surface area (Å²) < 4.78 is 5.44. The van der Waals surface area contributed by atoms with Crippen molar-refractivity contribution in [2.45, 2.75) is 45.6 Å². The van der Waals surface area contributed by atoms with E-state index in [-0.39, 0.29) is 11.8 Å². The molecule has 0 aromatic heterocycles. The molecule has 1 aliphatic rings. The Hall–Kier alpha value is -1.71. The number of hydrogen-bond acceptors (Lipinski definition) is 3. The molecular formula is C17H25NO3. The van der Waals surface area contributed by atoms with Gasteiger partial charge in [-0.05, 0) is 56.7 Å². The molecule has 0 unspecified atom stereocenters. The lowest BCUT2D eigenvalue weighted by molar-refractivity contribution is 0.0155. The first-order valence-electron chi connectivity index (χ1n) is 7.53. The highest BCUT2D eigenvalue weighted by molar-refractivity contribution is 5.68. The lowest BCUT2D eigenvalue weighted by Gasteiger charge is -2.37. The van der Waals surface area contributed by atoms with Gasteiger partial charge in [-0.3, -0.25) is 0 Å². The van der Waals surface area contributed by atoms with Gasteiger partial charge in [0.25, 0.3) is 0 Å². The lowest BCUT2D eigenvalue weighted by atomic mass is 9.82. The fraction of sp³-hybridized carbons (Fsp3) is 0.588. The number of likely N-dealkylation sites (tertiary alicyclic amines) is 1. The number of carbonyl (C=O) groups excluding carboxylic acids is 1. The molecule has 1 aromatic carbocycles. The molecule has 1 aliphatic heterocycles. The summed E-state index contributed by atoms with van der Waals surface area (Å²) in [5.74, 6) is 1.08. The van der Waals surface area contributed by atoms with Gasteiger partial charge in [-0.1, -0.05) is 19.1 Å². The molecule has 2 atom stereocenters. The number of nitrogens with zero attached hydrogens (tertiary/aromatic N) is 1. The third-order valence-electron chi connectivity index (χ3n) is 3.88. The number of aromatic hydroxyl groups is 1. The number of carbonyl (C=O) groups is 1. The Balaban J connectivity index is 1.99. The van der Waals surface area contributed by atoms with E-state index in [2.05, 4.69) is 6.92 Å². The first-order valence-corrected chi connectivity index (χ1v) is 7.53. The average Bonchev–Trinajstić information content (AvgIpc) is 2.38. The molecular weight excluding hydrogens is 266 g/mol. The number of ether oxygens (including phenoxy) is 1. The molecule has 1 amide bonds. The number of phenolic OH excluding ortho intramolecular Hbond substituents is 1. The number of benzene rings is 1. The van der Waals surface area contributed by atoms with Gasteiger partial charge in [-0.15, -0.1) is 0 Å². The summed E-state index contributed by atoms with van der Waals surface area (Å²) in [5.41, 5.74) is 0.776. The van der Waals surface area contributed by atoms with Gasteiger partial charge in [0, 0.05) is 13.1 Å². The first kappa shape index (κ1) is 15.7. The fourth-order valence-corrected chi connectivity index (χ4v) is 2.85. The number of rotatable bonds is 1. The van der Waals surface area contributed by atoms with E-state index >= 15 is 0 Å². The minimum absolute atomic E-state index is 0.224. The molecule has 1 fully saturated rings. The van der Waals surface area contributed by atoms with E-state index in [1.54, 1.807) is 17.0 Å². The second-order valence-electron chi connectivity index (χ2n) is 6.89. The van der Waals surface area contributed by atoms with Gasteiger partial charge in [-0.2, -0.15) is 0 Å². The SMILES string of the molecule is C[C@H]1CN(C(=O)OC(C)(C)C)CC[C@@H]1c1ccc(O)cc1. The molecule has 0 aliphatic carbocycles. The molecule has 4 heteroatoms. The number of hydrogen-bond donors (Lipinski definition) is 1. The average molecular weight is 291 g/mol. The third kappa shape index (κ3) is 4.13. The maximum atomic E-state index is 12.1. The quantitative estimate of drug-likeness (QED) is 0.857. The predicted molar refractivity (Wildman–Crippen MR) is 82.4 cm³/mol. The molecule has 4 nitrogen and oxygen atoms in total. The third-order valence-corrected chi connectivity index (χ3v) is 3.88. The van der Waals surface area contributed by atoms with E-state index in [1.807, 2.05) is 32.9 Å². The predicted octanol–water partition coefficient (Wildman–Crippen LogP) is 3.75. The summed E-state index contributed by atoms with van der Waals surface area (Å²) in [6, 6.07) is 7.39. The van der Waals surface area contributed by atoms with E-state index in [0.717, 1.165) is 6.42 Å². The monoisotopic (exact) mass is 291 g/mol. The minimum Gasteiger partial charge on any atom is -0.508 e. The molecule has 0 spiro atoms. The Labute approximate surface area is 126 Å². The van der Waals surface area contributed by atoms with Crippen molar-refractivity contribution in [3.8, 4) is 5.75 Å². The Morgan fingerprint density at radius 1 is 1.29 bits per heavy atom. The van der Waals surface area contributed by atoms with E-state index in [0.29, 0.717) is 24.9 Å². The second-order valence-corrected chi connectivity index (χ2v) is 6.89. The van der Waals surface area contributed by atoms with Crippen LogP contribution in [0, 0.1) is 5.92 Å². The highest BCUT2D eigenvalue weighted by atomic mass is 16.6. The van der Waals surface area contributed by atoms with E-state index in [9.17, 15) is 9.90 Å². The van der Waals surface area contributed by atoms with E-state index < -0.39 is 5.60 Å². The van der Waals surface area contributed by atoms with Crippen molar-refractivity contribution in [1.82, 2.24) is 4.90 Å². The number of phenols is 1. The summed E-state index contributed by atoms with van der Waals surface area (Å²) in [4.78, 5) is 13.9. The molecule has 1 aromatic rings. The van der Waals surface area contributed by atoms with Crippen LogP contribution in [0.15, 0.2) is 24.3 Å². The fourth-order valence-electron chi connectivity index (χ4n) is 2.85. The zero-order valence-corrected chi connectivity index (χ0v) is 13.3. The molecule has 1 N–H and O–H groups in total. The van der Waals surface area contributed by atoms with Crippen LogP contribution in [0.4, 0.5) is 4.79 Å². The molecule has 1 saturated heterocycles. The van der Waals surface area contributed by atoms with Crippen molar-refractivity contribution in [3.63, 3.8) is 0 Å². The highest BCUT2D eigenvalue weighted by Gasteiger charge is 2.31. The maximum Gasteiger partial charge on any atom is 0.410 e. The molecule has 21 heavy (non-hydrogen) atoms. The molecule has 116 valence electrons. The molecule has 2 rings (SSSR count). The summed E-state index contributed by atoms with van der Waals surface area (Å²) in [6.45, 7) is 9.24. The minimum atomic E-state index is -0.450. The van der Waals surface area contributed by atoms with Crippen molar-refractivity contribution >= 4 is 6.09 Å². The second kappa shape index (κ2) is 5.96. The van der Waals surface area contributed by atoms with Crippen LogP contribution in [0.2, 0.25) is 0 Å². The lowest BCUT2D eigenvalue weighted by Crippen LogP contribution is -2.44. The number of amides is 1. The first-order chi connectivity index (χ1) is 9.76. The van der Waals surface area contributed by atoms with Crippen molar-refractivity contribution in [1.29, 1.82) is 0 Å². The molecule has 0 bridgehead atoms. The Kier molecular flexibility index (Phi) is 4.45. The van der Waals surface area contributed by atoms with Gasteiger partial charge in [0.2, 0.25) is 0 Å². The van der Waals surface area contributed by atoms with E-state index in [4.69, 9.17) is 4.74 Å². The van der Waals surface area contributed by atoms with Crippen LogP contribution in [0.3, 0.4) is 0 Å². The van der Waals surface area contributed by atoms with Gasteiger partial charge in [0.05, 0.1) is 0 Å². The highest BCUT2D eigenvalue weighted by Crippen LogP contribution is 2.33. The van der Waals surface area contributed by atoms with Crippen molar-refractivity contribution in [2.75, 3.05) is 13.1 Å². The maximum absolute atomic E-state index is 12.1. The summed E-state index contributed by atoms with van der Waals surface area (Å²) in [5, 5.41) is 9.37. The smallest absolute Gasteiger partial charge is 0.410 e. The van der Waals surface area contributed by atoms with Crippen LogP contribution in [-0.4, -0.2) is 34.8 Å². The van der Waals surface area contributed by atoms with Crippen molar-refractivity contribution in [3.05, 3.63) is 29.8 Å². The van der Waals surface area contributed by atoms with E-state index in [1.165, 1.54) is 5.56 Å². The normalized spacial score (nSPS) is 23.0. The summed E-state index contributed by atoms with van der Waals surface area (Å²) >= 11 is 0. The summed E-state index contributed by atoms with van der Waals surface area (Å²) in [6.07, 6.45) is 0.698. The van der Waals surface area contributed by atoms with Gasteiger partial charge in [0.1, 0.15) is 11.4 Å². The molecule has 0 radical (unpaired) electrons.